The topological polar surface area (TPSA) is 70.6 Å². The van der Waals surface area contributed by atoms with Crippen molar-refractivity contribution in [3.63, 3.8) is 0 Å². The third-order valence-electron chi connectivity index (χ3n) is 3.55. The van der Waals surface area contributed by atoms with Gasteiger partial charge in [0.05, 0.1) is 6.10 Å². The zero-order chi connectivity index (χ0) is 14.5. The van der Waals surface area contributed by atoms with Crippen LogP contribution in [0.3, 0.4) is 0 Å². The molecule has 1 saturated heterocycles. The second-order valence-corrected chi connectivity index (χ2v) is 5.35. The van der Waals surface area contributed by atoms with Crippen LogP contribution in [0.4, 0.5) is 0 Å². The van der Waals surface area contributed by atoms with Crippen LogP contribution in [0.15, 0.2) is 18.2 Å². The third kappa shape index (κ3) is 5.19. The van der Waals surface area contributed by atoms with E-state index in [-0.39, 0.29) is 36.9 Å². The van der Waals surface area contributed by atoms with Crippen molar-refractivity contribution in [2.45, 2.75) is 20.0 Å². The summed E-state index contributed by atoms with van der Waals surface area (Å²) in [5.74, 6) is 0.650. The van der Waals surface area contributed by atoms with Crippen LogP contribution in [0.2, 0.25) is 0 Å². The van der Waals surface area contributed by atoms with Gasteiger partial charge in [-0.05, 0) is 25.5 Å². The van der Waals surface area contributed by atoms with Crippen molar-refractivity contribution in [3.8, 4) is 5.75 Å². The molecule has 1 amide bonds. The Morgan fingerprint density at radius 1 is 1.43 bits per heavy atom. The number of nitrogens with one attached hydrogen (secondary N) is 2. The average Bonchev–Trinajstić information content (AvgIpc) is 2.81. The summed E-state index contributed by atoms with van der Waals surface area (Å²) in [6.07, 6.45) is -0.379. The fourth-order valence-electron chi connectivity index (χ4n) is 2.33. The number of aliphatic hydroxyl groups excluding tert-OH is 1. The van der Waals surface area contributed by atoms with Gasteiger partial charge >= 0.3 is 0 Å². The van der Waals surface area contributed by atoms with E-state index in [9.17, 15) is 9.90 Å². The minimum atomic E-state index is -0.379. The van der Waals surface area contributed by atoms with E-state index in [0.717, 1.165) is 17.9 Å². The van der Waals surface area contributed by atoms with Crippen LogP contribution in [0.1, 0.15) is 11.1 Å². The van der Waals surface area contributed by atoms with Crippen LogP contribution >= 0.6 is 12.4 Å². The zero-order valence-electron chi connectivity index (χ0n) is 12.4. The van der Waals surface area contributed by atoms with Crippen molar-refractivity contribution in [1.29, 1.82) is 0 Å². The maximum absolute atomic E-state index is 11.7. The van der Waals surface area contributed by atoms with Crippen LogP contribution < -0.4 is 15.4 Å². The van der Waals surface area contributed by atoms with Gasteiger partial charge in [0, 0.05) is 25.6 Å². The molecule has 1 aliphatic heterocycles. The molecule has 118 valence electrons. The zero-order valence-corrected chi connectivity index (χ0v) is 13.2. The molecule has 1 aromatic carbocycles. The fraction of sp³-hybridized carbons (Fsp3) is 0.533. The second kappa shape index (κ2) is 8.22. The van der Waals surface area contributed by atoms with E-state index in [1.807, 2.05) is 32.0 Å². The SMILES string of the molecule is Cc1ccc(OCC(=O)NCC2CNCC2O)c(C)c1.Cl. The number of amides is 1. The van der Waals surface area contributed by atoms with E-state index in [2.05, 4.69) is 10.6 Å². The highest BCUT2D eigenvalue weighted by Gasteiger charge is 2.24. The summed E-state index contributed by atoms with van der Waals surface area (Å²) in [5, 5.41) is 15.5. The molecule has 21 heavy (non-hydrogen) atoms. The van der Waals surface area contributed by atoms with E-state index in [1.165, 1.54) is 5.56 Å². The summed E-state index contributed by atoms with van der Waals surface area (Å²) in [5.41, 5.74) is 2.19. The molecule has 3 N–H and O–H groups in total. The van der Waals surface area contributed by atoms with Crippen LogP contribution in [0, 0.1) is 19.8 Å². The fourth-order valence-corrected chi connectivity index (χ4v) is 2.33. The molecular formula is C15H23ClN2O3. The van der Waals surface area contributed by atoms with Crippen LogP contribution in [0.25, 0.3) is 0 Å². The molecule has 0 saturated carbocycles. The predicted octanol–water partition coefficient (Wildman–Crippen LogP) is 0.801. The minimum Gasteiger partial charge on any atom is -0.484 e. The number of hydrogen-bond donors (Lipinski definition) is 3. The third-order valence-corrected chi connectivity index (χ3v) is 3.55. The van der Waals surface area contributed by atoms with Gasteiger partial charge in [-0.2, -0.15) is 0 Å². The quantitative estimate of drug-likeness (QED) is 0.752. The average molecular weight is 315 g/mol. The molecule has 0 bridgehead atoms. The maximum atomic E-state index is 11.7. The molecule has 1 heterocycles. The van der Waals surface area contributed by atoms with Gasteiger partial charge in [-0.25, -0.2) is 0 Å². The maximum Gasteiger partial charge on any atom is 0.257 e. The highest BCUT2D eigenvalue weighted by molar-refractivity contribution is 5.85. The van der Waals surface area contributed by atoms with Crippen molar-refractivity contribution < 1.29 is 14.6 Å². The van der Waals surface area contributed by atoms with E-state index < -0.39 is 0 Å². The number of aryl methyl sites for hydroxylation is 2. The molecule has 2 atom stereocenters. The van der Waals surface area contributed by atoms with Crippen molar-refractivity contribution in [2.75, 3.05) is 26.2 Å². The number of carbonyl (C=O) groups is 1. The van der Waals surface area contributed by atoms with E-state index >= 15 is 0 Å². The van der Waals surface area contributed by atoms with Crippen LogP contribution in [-0.2, 0) is 4.79 Å². The van der Waals surface area contributed by atoms with E-state index in [1.54, 1.807) is 0 Å². The summed E-state index contributed by atoms with van der Waals surface area (Å²) in [7, 11) is 0. The molecule has 1 fully saturated rings. The first-order valence-electron chi connectivity index (χ1n) is 6.92. The molecule has 6 heteroatoms. The van der Waals surface area contributed by atoms with Gasteiger partial charge in [0.25, 0.3) is 5.91 Å². The number of rotatable bonds is 5. The smallest absolute Gasteiger partial charge is 0.257 e. The Hall–Kier alpha value is -1.30. The summed E-state index contributed by atoms with van der Waals surface area (Å²) in [6.45, 7) is 5.79. The van der Waals surface area contributed by atoms with Crippen molar-refractivity contribution in [1.82, 2.24) is 10.6 Å². The first-order chi connectivity index (χ1) is 9.56. The highest BCUT2D eigenvalue weighted by Crippen LogP contribution is 2.18. The molecule has 5 nitrogen and oxygen atoms in total. The lowest BCUT2D eigenvalue weighted by Gasteiger charge is -2.14. The Balaban J connectivity index is 0.00000220. The van der Waals surface area contributed by atoms with Gasteiger partial charge in [0.2, 0.25) is 0 Å². The summed E-state index contributed by atoms with van der Waals surface area (Å²) in [6, 6.07) is 5.86. The van der Waals surface area contributed by atoms with Gasteiger partial charge in [-0.1, -0.05) is 17.7 Å². The molecule has 0 spiro atoms. The largest absolute Gasteiger partial charge is 0.484 e. The molecular weight excluding hydrogens is 292 g/mol. The number of halogens is 1. The Bertz CT molecular complexity index is 482. The molecule has 1 aliphatic rings. The Kier molecular flexibility index (Phi) is 6.95. The molecule has 0 radical (unpaired) electrons. The van der Waals surface area contributed by atoms with E-state index in [4.69, 9.17) is 4.74 Å². The van der Waals surface area contributed by atoms with Gasteiger partial charge in [-0.3, -0.25) is 4.79 Å². The van der Waals surface area contributed by atoms with E-state index in [0.29, 0.717) is 13.1 Å². The number of aliphatic hydroxyl groups is 1. The lowest BCUT2D eigenvalue weighted by atomic mass is 10.1. The Labute approximate surface area is 131 Å². The molecule has 0 aliphatic carbocycles. The first kappa shape index (κ1) is 17.8. The van der Waals surface area contributed by atoms with Gasteiger partial charge < -0.3 is 20.5 Å². The predicted molar refractivity (Wildman–Crippen MR) is 84.0 cm³/mol. The van der Waals surface area contributed by atoms with Crippen molar-refractivity contribution in [3.05, 3.63) is 29.3 Å². The monoisotopic (exact) mass is 314 g/mol. The lowest BCUT2D eigenvalue weighted by molar-refractivity contribution is -0.123. The molecule has 0 aromatic heterocycles. The second-order valence-electron chi connectivity index (χ2n) is 5.35. The van der Waals surface area contributed by atoms with Gasteiger partial charge in [0.15, 0.2) is 6.61 Å². The Morgan fingerprint density at radius 3 is 2.81 bits per heavy atom. The number of hydrogen-bond acceptors (Lipinski definition) is 4. The van der Waals surface area contributed by atoms with Crippen molar-refractivity contribution in [2.24, 2.45) is 5.92 Å². The van der Waals surface area contributed by atoms with Crippen LogP contribution in [-0.4, -0.2) is 43.4 Å². The number of benzene rings is 1. The van der Waals surface area contributed by atoms with Crippen molar-refractivity contribution >= 4 is 18.3 Å². The lowest BCUT2D eigenvalue weighted by Crippen LogP contribution is -2.36. The Morgan fingerprint density at radius 2 is 2.19 bits per heavy atom. The number of carbonyl (C=O) groups excluding carboxylic acids is 1. The summed E-state index contributed by atoms with van der Waals surface area (Å²) in [4.78, 5) is 11.7. The van der Waals surface area contributed by atoms with Gasteiger partial charge in [-0.15, -0.1) is 12.4 Å². The summed E-state index contributed by atoms with van der Waals surface area (Å²) >= 11 is 0. The standard InChI is InChI=1S/C15H22N2O3.ClH/c1-10-3-4-14(11(2)5-10)20-9-15(19)17-7-12-6-16-8-13(12)18;/h3-5,12-13,16,18H,6-9H2,1-2H3,(H,17,19);1H. The molecule has 2 unspecified atom stereocenters. The molecule has 1 aromatic rings. The molecule has 2 rings (SSSR count). The first-order valence-corrected chi connectivity index (χ1v) is 6.92. The minimum absolute atomic E-state index is 0. The summed E-state index contributed by atoms with van der Waals surface area (Å²) < 4.78 is 5.51. The number of β-amino-alcohol motifs (C(OH)–C–C–N with tert-alkyl or cyclic N) is 1. The highest BCUT2D eigenvalue weighted by atomic mass is 35.5. The normalized spacial score (nSPS) is 20.7. The number of ether oxygens (including phenoxy) is 1. The van der Waals surface area contributed by atoms with Gasteiger partial charge in [0.1, 0.15) is 5.75 Å². The van der Waals surface area contributed by atoms with Crippen LogP contribution in [0.5, 0.6) is 5.75 Å².